The topological polar surface area (TPSA) is 139 Å². The van der Waals surface area contributed by atoms with Crippen molar-refractivity contribution in [1.29, 1.82) is 0 Å². The van der Waals surface area contributed by atoms with Crippen LogP contribution in [0.4, 0.5) is 4.79 Å². The van der Waals surface area contributed by atoms with E-state index in [1.54, 1.807) is 49.5 Å². The summed E-state index contributed by atoms with van der Waals surface area (Å²) in [7, 11) is 0. The lowest BCUT2D eigenvalue weighted by molar-refractivity contribution is -0.124. The van der Waals surface area contributed by atoms with Gasteiger partial charge in [-0.05, 0) is 30.2 Å². The molecule has 160 valence electrons. The number of hydrogen-bond acceptors (Lipinski definition) is 5. The van der Waals surface area contributed by atoms with Crippen molar-refractivity contribution in [3.63, 3.8) is 0 Å². The fourth-order valence-electron chi connectivity index (χ4n) is 3.13. The molecule has 0 radical (unpaired) electrons. The van der Waals surface area contributed by atoms with Crippen molar-refractivity contribution in [2.75, 3.05) is 0 Å². The van der Waals surface area contributed by atoms with Gasteiger partial charge in [0, 0.05) is 11.6 Å². The van der Waals surface area contributed by atoms with Crippen LogP contribution in [-0.2, 0) is 4.79 Å². The fourth-order valence-corrected chi connectivity index (χ4v) is 3.13. The number of aromatic nitrogens is 2. The van der Waals surface area contributed by atoms with Crippen LogP contribution in [0.25, 0.3) is 22.3 Å². The molecule has 0 aliphatic carbocycles. The van der Waals surface area contributed by atoms with E-state index in [0.29, 0.717) is 34.3 Å². The zero-order valence-corrected chi connectivity index (χ0v) is 17.3. The molecule has 0 spiro atoms. The van der Waals surface area contributed by atoms with Crippen molar-refractivity contribution in [1.82, 2.24) is 26.1 Å². The second kappa shape index (κ2) is 9.66. The number of nitrogens with two attached hydrogens (primary N) is 1. The number of carbonyl (C=O) groups excluding carboxylic acids is 3. The van der Waals surface area contributed by atoms with E-state index in [1.807, 2.05) is 19.1 Å². The number of primary amides is 1. The summed E-state index contributed by atoms with van der Waals surface area (Å²) in [5.41, 5.74) is 12.1. The fraction of sp³-hybridized carbons (Fsp3) is 0.227. The van der Waals surface area contributed by atoms with Crippen LogP contribution in [0.3, 0.4) is 0 Å². The first-order valence-electron chi connectivity index (χ1n) is 9.88. The highest BCUT2D eigenvalue weighted by Crippen LogP contribution is 2.23. The van der Waals surface area contributed by atoms with Gasteiger partial charge < -0.3 is 11.1 Å². The molecule has 0 saturated carbocycles. The minimum Gasteiger partial charge on any atom is -0.352 e. The van der Waals surface area contributed by atoms with Gasteiger partial charge in [0.2, 0.25) is 0 Å². The predicted octanol–water partition coefficient (Wildman–Crippen LogP) is 2.14. The Balaban J connectivity index is 1.86. The Morgan fingerprint density at radius 2 is 1.77 bits per heavy atom. The van der Waals surface area contributed by atoms with E-state index in [4.69, 9.17) is 5.73 Å². The summed E-state index contributed by atoms with van der Waals surface area (Å²) in [4.78, 5) is 45.6. The van der Waals surface area contributed by atoms with Crippen LogP contribution in [0.2, 0.25) is 0 Å². The summed E-state index contributed by atoms with van der Waals surface area (Å²) in [6.45, 7) is 3.69. The summed E-state index contributed by atoms with van der Waals surface area (Å²) in [6.07, 6.45) is 2.28. The van der Waals surface area contributed by atoms with Crippen LogP contribution < -0.4 is 21.9 Å². The molecule has 2 heterocycles. The third-order valence-corrected chi connectivity index (χ3v) is 4.98. The Labute approximate surface area is 179 Å². The zero-order valence-electron chi connectivity index (χ0n) is 17.3. The molecular formula is C22H24N6O3. The number of nitrogens with zero attached hydrogens (tertiary/aromatic N) is 2. The summed E-state index contributed by atoms with van der Waals surface area (Å²) >= 11 is 0. The van der Waals surface area contributed by atoms with E-state index < -0.39 is 23.9 Å². The average Bonchev–Trinajstić information content (AvgIpc) is 2.80. The number of para-hydroxylation sites is 1. The van der Waals surface area contributed by atoms with Gasteiger partial charge in [0.05, 0.1) is 22.5 Å². The number of carbonyl (C=O) groups is 3. The molecule has 4 amide bonds. The van der Waals surface area contributed by atoms with E-state index >= 15 is 0 Å². The Morgan fingerprint density at radius 1 is 1.03 bits per heavy atom. The predicted molar refractivity (Wildman–Crippen MR) is 117 cm³/mol. The van der Waals surface area contributed by atoms with Gasteiger partial charge in [-0.2, -0.15) is 0 Å². The Bertz CT molecular complexity index is 1100. The van der Waals surface area contributed by atoms with Gasteiger partial charge >= 0.3 is 6.03 Å². The monoisotopic (exact) mass is 420 g/mol. The minimum absolute atomic E-state index is 0.179. The second-order valence-corrected chi connectivity index (χ2v) is 7.10. The third-order valence-electron chi connectivity index (χ3n) is 4.98. The lowest BCUT2D eigenvalue weighted by atomic mass is 9.99. The largest absolute Gasteiger partial charge is 0.352 e. The normalized spacial score (nSPS) is 12.6. The number of amides is 4. The summed E-state index contributed by atoms with van der Waals surface area (Å²) < 4.78 is 0. The number of fused-ring (bicyclic) bond motifs is 1. The second-order valence-electron chi connectivity index (χ2n) is 7.10. The van der Waals surface area contributed by atoms with Crippen molar-refractivity contribution < 1.29 is 14.4 Å². The van der Waals surface area contributed by atoms with E-state index in [0.717, 1.165) is 0 Å². The first-order valence-corrected chi connectivity index (χ1v) is 9.88. The van der Waals surface area contributed by atoms with Crippen molar-refractivity contribution >= 4 is 28.7 Å². The van der Waals surface area contributed by atoms with Gasteiger partial charge in [0.25, 0.3) is 11.8 Å². The number of hydrazine groups is 1. The number of hydrogen-bond donors (Lipinski definition) is 4. The molecule has 0 aliphatic heterocycles. The first-order chi connectivity index (χ1) is 14.9. The number of rotatable bonds is 6. The molecule has 2 atom stereocenters. The van der Waals surface area contributed by atoms with Gasteiger partial charge in [0.1, 0.15) is 6.04 Å². The number of pyridine rings is 2. The molecule has 5 N–H and O–H groups in total. The molecule has 9 heteroatoms. The molecule has 0 saturated heterocycles. The molecule has 3 rings (SSSR count). The van der Waals surface area contributed by atoms with Gasteiger partial charge in [0.15, 0.2) is 0 Å². The summed E-state index contributed by atoms with van der Waals surface area (Å²) in [5, 5.41) is 3.04. The number of benzene rings is 1. The Kier molecular flexibility index (Phi) is 6.76. The Morgan fingerprint density at radius 3 is 2.45 bits per heavy atom. The first kappa shape index (κ1) is 21.7. The lowest BCUT2D eigenvalue weighted by Crippen LogP contribution is -2.55. The van der Waals surface area contributed by atoms with E-state index in [2.05, 4.69) is 26.1 Å². The van der Waals surface area contributed by atoms with Crippen molar-refractivity contribution in [2.24, 2.45) is 11.7 Å². The maximum atomic E-state index is 12.9. The van der Waals surface area contributed by atoms with Gasteiger partial charge in [-0.25, -0.2) is 9.78 Å². The highest BCUT2D eigenvalue weighted by molar-refractivity contribution is 6.07. The molecule has 0 aliphatic rings. The number of nitrogens with one attached hydrogen (secondary N) is 3. The molecule has 31 heavy (non-hydrogen) atoms. The lowest BCUT2D eigenvalue weighted by Gasteiger charge is -2.22. The van der Waals surface area contributed by atoms with Crippen LogP contribution in [-0.4, -0.2) is 33.9 Å². The zero-order chi connectivity index (χ0) is 22.4. The summed E-state index contributed by atoms with van der Waals surface area (Å²) in [6, 6.07) is 12.6. The number of urea groups is 1. The molecule has 0 bridgehead atoms. The third kappa shape index (κ3) is 5.13. The quantitative estimate of drug-likeness (QED) is 0.453. The molecule has 3 aromatic rings. The highest BCUT2D eigenvalue weighted by atomic mass is 16.2. The van der Waals surface area contributed by atoms with Crippen LogP contribution >= 0.6 is 0 Å². The van der Waals surface area contributed by atoms with Gasteiger partial charge in [-0.3, -0.25) is 25.4 Å². The summed E-state index contributed by atoms with van der Waals surface area (Å²) in [5.74, 6) is -1.27. The van der Waals surface area contributed by atoms with Gasteiger partial charge in [-0.15, -0.1) is 0 Å². The molecule has 9 nitrogen and oxygen atoms in total. The maximum Gasteiger partial charge on any atom is 0.312 e. The van der Waals surface area contributed by atoms with Gasteiger partial charge in [-0.1, -0.05) is 44.5 Å². The maximum absolute atomic E-state index is 12.9. The van der Waals surface area contributed by atoms with Crippen LogP contribution in [0.1, 0.15) is 30.6 Å². The van der Waals surface area contributed by atoms with Crippen LogP contribution in [0, 0.1) is 5.92 Å². The van der Waals surface area contributed by atoms with E-state index in [1.165, 1.54) is 0 Å². The standard InChI is InChI=1S/C22H24N6O3/c1-3-13(2)19(26-22(23)31)21(30)28-27-20(29)15-12-18(17-10-6-7-11-24-17)25-16-9-5-4-8-14(15)16/h4-13,19H,3H2,1-2H3,(H,27,29)(H,28,30)(H3,23,26,31)/t13-,19-/m0/s1. The highest BCUT2D eigenvalue weighted by Gasteiger charge is 2.26. The minimum atomic E-state index is -0.874. The molecule has 2 aromatic heterocycles. The molecule has 1 aromatic carbocycles. The average molecular weight is 420 g/mol. The van der Waals surface area contributed by atoms with Crippen LogP contribution in [0.5, 0.6) is 0 Å². The van der Waals surface area contributed by atoms with E-state index in [-0.39, 0.29) is 5.92 Å². The van der Waals surface area contributed by atoms with Crippen molar-refractivity contribution in [3.8, 4) is 11.4 Å². The van der Waals surface area contributed by atoms with Crippen molar-refractivity contribution in [2.45, 2.75) is 26.3 Å². The van der Waals surface area contributed by atoms with E-state index in [9.17, 15) is 14.4 Å². The molecule has 0 unspecified atom stereocenters. The molecular weight excluding hydrogens is 396 g/mol. The van der Waals surface area contributed by atoms with Crippen LogP contribution in [0.15, 0.2) is 54.7 Å². The molecule has 0 fully saturated rings. The smallest absolute Gasteiger partial charge is 0.312 e. The van der Waals surface area contributed by atoms with Crippen molar-refractivity contribution in [3.05, 3.63) is 60.3 Å². The SMILES string of the molecule is CC[C@H](C)[C@H](NC(N)=O)C(=O)NNC(=O)c1cc(-c2ccccn2)nc2ccccc12. The Hall–Kier alpha value is -4.01.